The van der Waals surface area contributed by atoms with Crippen LogP contribution in [0, 0.1) is 6.92 Å². The molecule has 2 rings (SSSR count). The molecule has 1 aromatic carbocycles. The van der Waals surface area contributed by atoms with Crippen LogP contribution in [0.3, 0.4) is 0 Å². The van der Waals surface area contributed by atoms with Crippen molar-refractivity contribution in [2.45, 2.75) is 6.92 Å². The summed E-state index contributed by atoms with van der Waals surface area (Å²) in [6.45, 7) is 2.07. The Morgan fingerprint density at radius 2 is 2.18 bits per heavy atom. The minimum atomic E-state index is 0.823. The molecule has 0 saturated carbocycles. The summed E-state index contributed by atoms with van der Waals surface area (Å²) in [5.41, 5.74) is 3.20. The van der Waals surface area contributed by atoms with Crippen LogP contribution in [-0.2, 0) is 0 Å². The van der Waals surface area contributed by atoms with Crippen LogP contribution in [0.4, 0.5) is 0 Å². The van der Waals surface area contributed by atoms with Gasteiger partial charge in [-0.3, -0.25) is 0 Å². The lowest BCUT2D eigenvalue weighted by Gasteiger charge is -1.94. The molecular weight excluding hydrogens is 133 g/mol. The van der Waals surface area contributed by atoms with E-state index in [-0.39, 0.29) is 0 Å². The number of hydrogen-bond acceptors (Lipinski definition) is 0. The number of H-pyrrole nitrogens is 1. The SMILES string of the molecule is [B]c1c[nH]c2c(C)cccc12. The topological polar surface area (TPSA) is 15.8 Å². The second-order valence-corrected chi connectivity index (χ2v) is 2.74. The van der Waals surface area contributed by atoms with Gasteiger partial charge in [-0.15, -0.1) is 0 Å². The molecule has 0 saturated heterocycles. The Hall–Kier alpha value is -1.18. The molecule has 52 valence electrons. The Morgan fingerprint density at radius 3 is 2.91 bits per heavy atom. The summed E-state index contributed by atoms with van der Waals surface area (Å²) in [4.78, 5) is 3.13. The highest BCUT2D eigenvalue weighted by Crippen LogP contribution is 2.12. The summed E-state index contributed by atoms with van der Waals surface area (Å²) in [5, 5.41) is 1.12. The summed E-state index contributed by atoms with van der Waals surface area (Å²) in [6, 6.07) is 6.11. The number of fused-ring (bicyclic) bond motifs is 1. The Labute approximate surface area is 66.8 Å². The molecule has 0 bridgehead atoms. The Morgan fingerprint density at radius 1 is 1.36 bits per heavy atom. The average molecular weight is 141 g/mol. The van der Waals surface area contributed by atoms with Crippen molar-refractivity contribution in [1.82, 2.24) is 4.98 Å². The molecule has 0 spiro atoms. The third kappa shape index (κ3) is 0.863. The van der Waals surface area contributed by atoms with Gasteiger partial charge in [0.1, 0.15) is 7.85 Å². The van der Waals surface area contributed by atoms with E-state index in [1.54, 1.807) is 0 Å². The average Bonchev–Trinajstić information content (AvgIpc) is 2.35. The van der Waals surface area contributed by atoms with Crippen molar-refractivity contribution in [2.24, 2.45) is 0 Å². The molecule has 1 nitrogen and oxygen atoms in total. The van der Waals surface area contributed by atoms with Gasteiger partial charge in [-0.25, -0.2) is 0 Å². The van der Waals surface area contributed by atoms with Crippen LogP contribution in [0.1, 0.15) is 5.56 Å². The van der Waals surface area contributed by atoms with Gasteiger partial charge >= 0.3 is 0 Å². The van der Waals surface area contributed by atoms with Crippen LogP contribution in [0.5, 0.6) is 0 Å². The third-order valence-corrected chi connectivity index (χ3v) is 1.96. The van der Waals surface area contributed by atoms with E-state index >= 15 is 0 Å². The number of rotatable bonds is 0. The molecule has 0 aliphatic carbocycles. The predicted molar refractivity (Wildman–Crippen MR) is 48.4 cm³/mol. The van der Waals surface area contributed by atoms with E-state index in [4.69, 9.17) is 7.85 Å². The minimum Gasteiger partial charge on any atom is -0.362 e. The van der Waals surface area contributed by atoms with Crippen molar-refractivity contribution in [2.75, 3.05) is 0 Å². The Bertz CT molecular complexity index is 389. The molecule has 2 aromatic rings. The zero-order valence-electron chi connectivity index (χ0n) is 6.39. The molecule has 2 heteroatoms. The van der Waals surface area contributed by atoms with Crippen molar-refractivity contribution < 1.29 is 0 Å². The second-order valence-electron chi connectivity index (χ2n) is 2.74. The van der Waals surface area contributed by atoms with Gasteiger partial charge in [-0.2, -0.15) is 0 Å². The molecule has 0 atom stereocenters. The molecule has 1 heterocycles. The van der Waals surface area contributed by atoms with E-state index in [9.17, 15) is 0 Å². The molecular formula is C9H8BN. The fraction of sp³-hybridized carbons (Fsp3) is 0.111. The zero-order valence-corrected chi connectivity index (χ0v) is 6.39. The monoisotopic (exact) mass is 141 g/mol. The number of benzene rings is 1. The highest BCUT2D eigenvalue weighted by molar-refractivity contribution is 6.38. The van der Waals surface area contributed by atoms with E-state index in [1.807, 2.05) is 18.3 Å². The molecule has 1 N–H and O–H groups in total. The van der Waals surface area contributed by atoms with Crippen LogP contribution in [0.25, 0.3) is 10.9 Å². The summed E-state index contributed by atoms with van der Waals surface area (Å²) in [6.07, 6.45) is 1.83. The van der Waals surface area contributed by atoms with Crippen molar-refractivity contribution in [1.29, 1.82) is 0 Å². The maximum absolute atomic E-state index is 5.71. The number of nitrogens with one attached hydrogen (secondary N) is 1. The van der Waals surface area contributed by atoms with Crippen molar-refractivity contribution in [3.8, 4) is 0 Å². The quantitative estimate of drug-likeness (QED) is 0.531. The number of hydrogen-bond donors (Lipinski definition) is 1. The van der Waals surface area contributed by atoms with E-state index < -0.39 is 0 Å². The molecule has 0 fully saturated rings. The van der Waals surface area contributed by atoms with Gasteiger partial charge in [0.15, 0.2) is 0 Å². The molecule has 11 heavy (non-hydrogen) atoms. The summed E-state index contributed by atoms with van der Waals surface area (Å²) >= 11 is 0. The van der Waals surface area contributed by atoms with Crippen LogP contribution >= 0.6 is 0 Å². The van der Waals surface area contributed by atoms with Gasteiger partial charge in [0, 0.05) is 5.52 Å². The number of para-hydroxylation sites is 1. The summed E-state index contributed by atoms with van der Waals surface area (Å²) in [7, 11) is 5.71. The highest BCUT2D eigenvalue weighted by atomic mass is 14.7. The van der Waals surface area contributed by atoms with Gasteiger partial charge in [0.25, 0.3) is 0 Å². The van der Waals surface area contributed by atoms with Crippen molar-refractivity contribution in [3.63, 3.8) is 0 Å². The van der Waals surface area contributed by atoms with E-state index in [2.05, 4.69) is 18.0 Å². The van der Waals surface area contributed by atoms with Crippen LogP contribution < -0.4 is 5.46 Å². The lowest BCUT2D eigenvalue weighted by atomic mass is 9.95. The fourth-order valence-electron chi connectivity index (χ4n) is 1.33. The summed E-state index contributed by atoms with van der Waals surface area (Å²) in [5.74, 6) is 0. The first-order valence-corrected chi connectivity index (χ1v) is 3.61. The molecule has 0 aliphatic heterocycles. The largest absolute Gasteiger partial charge is 0.362 e. The molecule has 1 aromatic heterocycles. The lowest BCUT2D eigenvalue weighted by molar-refractivity contribution is 1.42. The lowest BCUT2D eigenvalue weighted by Crippen LogP contribution is -1.96. The fourth-order valence-corrected chi connectivity index (χ4v) is 1.33. The summed E-state index contributed by atoms with van der Waals surface area (Å²) < 4.78 is 0. The van der Waals surface area contributed by atoms with Gasteiger partial charge in [-0.1, -0.05) is 23.7 Å². The first-order valence-electron chi connectivity index (χ1n) is 3.61. The number of aryl methyl sites for hydroxylation is 1. The predicted octanol–water partition coefficient (Wildman–Crippen LogP) is 1.27. The smallest absolute Gasteiger partial charge is 0.116 e. The van der Waals surface area contributed by atoms with Crippen LogP contribution in [0.2, 0.25) is 0 Å². The minimum absolute atomic E-state index is 0.823. The van der Waals surface area contributed by atoms with Crippen LogP contribution in [-0.4, -0.2) is 12.8 Å². The Kier molecular flexibility index (Phi) is 1.28. The number of aromatic nitrogens is 1. The second kappa shape index (κ2) is 2.16. The zero-order chi connectivity index (χ0) is 7.84. The van der Waals surface area contributed by atoms with Crippen molar-refractivity contribution in [3.05, 3.63) is 30.0 Å². The van der Waals surface area contributed by atoms with E-state index in [1.165, 1.54) is 5.56 Å². The molecule has 0 unspecified atom stereocenters. The molecule has 0 amide bonds. The van der Waals surface area contributed by atoms with E-state index in [0.717, 1.165) is 16.4 Å². The standard InChI is InChI=1S/C9H8BN/c1-6-3-2-4-7-8(10)5-11-9(6)7/h2-5,11H,1H3. The third-order valence-electron chi connectivity index (χ3n) is 1.96. The van der Waals surface area contributed by atoms with E-state index in [0.29, 0.717) is 0 Å². The van der Waals surface area contributed by atoms with Gasteiger partial charge < -0.3 is 4.98 Å². The van der Waals surface area contributed by atoms with Gasteiger partial charge in [-0.05, 0) is 24.1 Å². The first kappa shape index (κ1) is 6.53. The van der Waals surface area contributed by atoms with Gasteiger partial charge in [0.2, 0.25) is 0 Å². The highest BCUT2D eigenvalue weighted by Gasteiger charge is 1.98. The number of aromatic amines is 1. The molecule has 0 aliphatic rings. The van der Waals surface area contributed by atoms with Crippen molar-refractivity contribution >= 4 is 24.2 Å². The first-order chi connectivity index (χ1) is 5.29. The normalized spacial score (nSPS) is 10.6. The maximum Gasteiger partial charge on any atom is 0.116 e. The maximum atomic E-state index is 5.71. The van der Waals surface area contributed by atoms with Crippen LogP contribution in [0.15, 0.2) is 24.4 Å². The Balaban J connectivity index is 2.94. The van der Waals surface area contributed by atoms with Gasteiger partial charge in [0.05, 0.1) is 0 Å². The molecule has 2 radical (unpaired) electrons.